The van der Waals surface area contributed by atoms with E-state index in [4.69, 9.17) is 4.52 Å². The third-order valence-corrected chi connectivity index (χ3v) is 2.32. The zero-order valence-corrected chi connectivity index (χ0v) is 9.39. The monoisotopic (exact) mass is 196 g/mol. The number of hydrogen-bond acceptors (Lipinski definition) is 3. The largest absolute Gasteiger partial charge is 0.361 e. The fourth-order valence-corrected chi connectivity index (χ4v) is 1.59. The molecule has 0 atom stereocenters. The van der Waals surface area contributed by atoms with Gasteiger partial charge in [0.25, 0.3) is 0 Å². The Balaban J connectivity index is 2.73. The van der Waals surface area contributed by atoms with Gasteiger partial charge in [0.1, 0.15) is 11.5 Å². The summed E-state index contributed by atoms with van der Waals surface area (Å²) in [5.74, 6) is 1.07. The van der Waals surface area contributed by atoms with Gasteiger partial charge >= 0.3 is 0 Å². The number of rotatable bonds is 6. The summed E-state index contributed by atoms with van der Waals surface area (Å²) in [5, 5.41) is 7.38. The lowest BCUT2D eigenvalue weighted by atomic mass is 10.1. The molecule has 3 nitrogen and oxygen atoms in total. The predicted molar refractivity (Wildman–Crippen MR) is 57.3 cm³/mol. The fraction of sp³-hybridized carbons (Fsp3) is 0.727. The van der Waals surface area contributed by atoms with Crippen molar-refractivity contribution >= 4 is 0 Å². The molecular weight excluding hydrogens is 176 g/mol. The molecule has 14 heavy (non-hydrogen) atoms. The standard InChI is InChI=1S/C11H20N2O/c1-4-7-11-9(5-2)10(13-14-11)8-12-6-3/h12H,4-8H2,1-3H3. The summed E-state index contributed by atoms with van der Waals surface area (Å²) in [6.45, 7) is 8.21. The number of nitrogens with zero attached hydrogens (tertiary/aromatic N) is 1. The lowest BCUT2D eigenvalue weighted by Gasteiger charge is -2.00. The highest BCUT2D eigenvalue weighted by atomic mass is 16.5. The van der Waals surface area contributed by atoms with Gasteiger partial charge in [-0.1, -0.05) is 25.9 Å². The molecule has 0 radical (unpaired) electrons. The second-order valence-electron chi connectivity index (χ2n) is 3.41. The summed E-state index contributed by atoms with van der Waals surface area (Å²) in [5.41, 5.74) is 2.38. The first kappa shape index (κ1) is 11.2. The zero-order valence-electron chi connectivity index (χ0n) is 9.39. The van der Waals surface area contributed by atoms with Gasteiger partial charge in [-0.3, -0.25) is 0 Å². The highest BCUT2D eigenvalue weighted by Gasteiger charge is 2.12. The van der Waals surface area contributed by atoms with E-state index in [1.165, 1.54) is 5.56 Å². The summed E-state index contributed by atoms with van der Waals surface area (Å²) >= 11 is 0. The Kier molecular flexibility index (Phi) is 4.66. The van der Waals surface area contributed by atoms with Crippen LogP contribution < -0.4 is 5.32 Å². The Morgan fingerprint density at radius 3 is 2.64 bits per heavy atom. The van der Waals surface area contributed by atoms with Crippen molar-refractivity contribution in [2.24, 2.45) is 0 Å². The second-order valence-corrected chi connectivity index (χ2v) is 3.41. The minimum atomic E-state index is 0.826. The molecule has 0 aliphatic rings. The maximum atomic E-state index is 5.33. The van der Waals surface area contributed by atoms with Gasteiger partial charge in [0, 0.05) is 18.5 Å². The van der Waals surface area contributed by atoms with Crippen molar-refractivity contribution < 1.29 is 4.52 Å². The van der Waals surface area contributed by atoms with Gasteiger partial charge < -0.3 is 9.84 Å². The van der Waals surface area contributed by atoms with Crippen LogP contribution in [0.15, 0.2) is 4.52 Å². The second kappa shape index (κ2) is 5.81. The fourth-order valence-electron chi connectivity index (χ4n) is 1.59. The molecule has 0 unspecified atom stereocenters. The molecule has 80 valence electrons. The zero-order chi connectivity index (χ0) is 10.4. The summed E-state index contributed by atoms with van der Waals surface area (Å²) in [6, 6.07) is 0. The molecule has 0 amide bonds. The molecule has 1 aromatic heterocycles. The average molecular weight is 196 g/mol. The normalized spacial score (nSPS) is 10.8. The minimum absolute atomic E-state index is 0.826. The highest BCUT2D eigenvalue weighted by molar-refractivity contribution is 5.23. The topological polar surface area (TPSA) is 38.1 Å². The van der Waals surface area contributed by atoms with Crippen molar-refractivity contribution in [3.8, 4) is 0 Å². The summed E-state index contributed by atoms with van der Waals surface area (Å²) in [6.07, 6.45) is 3.13. The predicted octanol–water partition coefficient (Wildman–Crippen LogP) is 2.30. The third-order valence-electron chi connectivity index (χ3n) is 2.32. The van der Waals surface area contributed by atoms with E-state index in [0.29, 0.717) is 0 Å². The molecule has 0 aromatic carbocycles. The summed E-state index contributed by atoms with van der Waals surface area (Å²) in [7, 11) is 0. The van der Waals surface area contributed by atoms with Crippen LogP contribution >= 0.6 is 0 Å². The van der Waals surface area contributed by atoms with Crippen LogP contribution in [0.4, 0.5) is 0 Å². The van der Waals surface area contributed by atoms with Crippen molar-refractivity contribution in [1.82, 2.24) is 10.5 Å². The molecule has 0 aliphatic heterocycles. The molecule has 0 fully saturated rings. The van der Waals surface area contributed by atoms with E-state index >= 15 is 0 Å². The Morgan fingerprint density at radius 1 is 1.29 bits per heavy atom. The summed E-state index contributed by atoms with van der Waals surface area (Å²) < 4.78 is 5.33. The van der Waals surface area contributed by atoms with E-state index in [9.17, 15) is 0 Å². The molecule has 1 N–H and O–H groups in total. The van der Waals surface area contributed by atoms with Gasteiger partial charge in [0.2, 0.25) is 0 Å². The van der Waals surface area contributed by atoms with Gasteiger partial charge in [-0.05, 0) is 19.4 Å². The lowest BCUT2D eigenvalue weighted by Crippen LogP contribution is -2.13. The Hall–Kier alpha value is -0.830. The molecule has 1 rings (SSSR count). The number of aromatic nitrogens is 1. The van der Waals surface area contributed by atoms with E-state index in [1.54, 1.807) is 0 Å². The Bertz CT molecular complexity index is 268. The smallest absolute Gasteiger partial charge is 0.140 e. The van der Waals surface area contributed by atoms with Crippen LogP contribution in [-0.2, 0) is 19.4 Å². The first-order chi connectivity index (χ1) is 6.83. The van der Waals surface area contributed by atoms with Gasteiger partial charge in [-0.15, -0.1) is 0 Å². The first-order valence-corrected chi connectivity index (χ1v) is 5.50. The summed E-state index contributed by atoms with van der Waals surface area (Å²) in [4.78, 5) is 0. The molecule has 0 aliphatic carbocycles. The van der Waals surface area contributed by atoms with E-state index in [-0.39, 0.29) is 0 Å². The van der Waals surface area contributed by atoms with E-state index in [0.717, 1.165) is 43.8 Å². The van der Waals surface area contributed by atoms with E-state index in [2.05, 4.69) is 31.2 Å². The Labute approximate surface area is 85.9 Å². The van der Waals surface area contributed by atoms with Gasteiger partial charge in [-0.25, -0.2) is 0 Å². The number of nitrogens with one attached hydrogen (secondary N) is 1. The van der Waals surface area contributed by atoms with Crippen LogP contribution in [0.2, 0.25) is 0 Å². The van der Waals surface area contributed by atoms with Gasteiger partial charge in [-0.2, -0.15) is 0 Å². The van der Waals surface area contributed by atoms with Crippen molar-refractivity contribution in [2.75, 3.05) is 6.54 Å². The average Bonchev–Trinajstić information content (AvgIpc) is 2.58. The van der Waals surface area contributed by atoms with E-state index < -0.39 is 0 Å². The van der Waals surface area contributed by atoms with Gasteiger partial charge in [0.15, 0.2) is 0 Å². The maximum Gasteiger partial charge on any atom is 0.140 e. The van der Waals surface area contributed by atoms with E-state index in [1.807, 2.05) is 0 Å². The number of aryl methyl sites for hydroxylation is 1. The minimum Gasteiger partial charge on any atom is -0.361 e. The van der Waals surface area contributed by atoms with Gasteiger partial charge in [0.05, 0.1) is 0 Å². The molecule has 0 spiro atoms. The van der Waals surface area contributed by atoms with Crippen molar-refractivity contribution in [2.45, 2.75) is 46.6 Å². The van der Waals surface area contributed by atoms with Crippen LogP contribution in [0.5, 0.6) is 0 Å². The highest BCUT2D eigenvalue weighted by Crippen LogP contribution is 2.16. The molecule has 0 saturated heterocycles. The van der Waals surface area contributed by atoms with Crippen LogP contribution in [0.3, 0.4) is 0 Å². The van der Waals surface area contributed by atoms with Crippen LogP contribution in [0.25, 0.3) is 0 Å². The quantitative estimate of drug-likeness (QED) is 0.758. The molecule has 1 heterocycles. The van der Waals surface area contributed by atoms with Crippen LogP contribution in [-0.4, -0.2) is 11.7 Å². The molecule has 0 saturated carbocycles. The first-order valence-electron chi connectivity index (χ1n) is 5.50. The van der Waals surface area contributed by atoms with Crippen LogP contribution in [0, 0.1) is 0 Å². The van der Waals surface area contributed by atoms with Crippen molar-refractivity contribution in [1.29, 1.82) is 0 Å². The third kappa shape index (κ3) is 2.58. The molecular formula is C11H20N2O. The van der Waals surface area contributed by atoms with Crippen molar-refractivity contribution in [3.05, 3.63) is 17.0 Å². The Morgan fingerprint density at radius 2 is 2.07 bits per heavy atom. The van der Waals surface area contributed by atoms with Crippen molar-refractivity contribution in [3.63, 3.8) is 0 Å². The SMILES string of the molecule is CCCc1onc(CNCC)c1CC. The van der Waals surface area contributed by atoms with Crippen LogP contribution in [0.1, 0.15) is 44.2 Å². The molecule has 0 bridgehead atoms. The molecule has 3 heteroatoms. The molecule has 1 aromatic rings. The maximum absolute atomic E-state index is 5.33. The lowest BCUT2D eigenvalue weighted by molar-refractivity contribution is 0.373. The number of hydrogen-bond donors (Lipinski definition) is 1.